The van der Waals surface area contributed by atoms with E-state index < -0.39 is 0 Å². The van der Waals surface area contributed by atoms with Crippen LogP contribution >= 0.6 is 23.1 Å². The number of thiazole rings is 1. The summed E-state index contributed by atoms with van der Waals surface area (Å²) in [6, 6.07) is 14.8. The standard InChI is InChI=1S/C24H26N4O3S2/c1-15(2)17-7-9-18(10-8-17)26-22(30)12-21-13-32-24(28-21)33-14-23(31)27-20-6-4-5-19(11-20)25-16(3)29/h4-11,13,15H,12,14H2,1-3H3,(H,25,29)(H,26,30)(H,27,31). The number of carbonyl (C=O) groups is 3. The average molecular weight is 483 g/mol. The molecule has 0 unspecified atom stereocenters. The first-order valence-corrected chi connectivity index (χ1v) is 12.3. The van der Waals surface area contributed by atoms with Crippen molar-refractivity contribution in [1.29, 1.82) is 0 Å². The molecule has 33 heavy (non-hydrogen) atoms. The highest BCUT2D eigenvalue weighted by atomic mass is 32.2. The van der Waals surface area contributed by atoms with Crippen LogP contribution in [0.5, 0.6) is 0 Å². The van der Waals surface area contributed by atoms with Crippen molar-refractivity contribution in [2.75, 3.05) is 21.7 Å². The van der Waals surface area contributed by atoms with Gasteiger partial charge in [-0.2, -0.15) is 0 Å². The quantitative estimate of drug-likeness (QED) is 0.367. The number of aromatic nitrogens is 1. The minimum atomic E-state index is -0.181. The third kappa shape index (κ3) is 8.03. The van der Waals surface area contributed by atoms with Gasteiger partial charge < -0.3 is 16.0 Å². The van der Waals surface area contributed by atoms with Crippen LogP contribution in [0, 0.1) is 0 Å². The van der Waals surface area contributed by atoms with E-state index in [1.54, 1.807) is 24.3 Å². The Morgan fingerprint density at radius 3 is 2.27 bits per heavy atom. The average Bonchev–Trinajstić information content (AvgIpc) is 3.19. The Bertz CT molecular complexity index is 1130. The van der Waals surface area contributed by atoms with Crippen LogP contribution in [-0.2, 0) is 20.8 Å². The van der Waals surface area contributed by atoms with Crippen molar-refractivity contribution in [2.24, 2.45) is 0 Å². The summed E-state index contributed by atoms with van der Waals surface area (Å²) in [7, 11) is 0. The summed E-state index contributed by atoms with van der Waals surface area (Å²) in [5.41, 5.74) is 3.87. The highest BCUT2D eigenvalue weighted by Gasteiger charge is 2.11. The summed E-state index contributed by atoms with van der Waals surface area (Å²) in [6.45, 7) is 5.68. The van der Waals surface area contributed by atoms with Crippen LogP contribution in [0.3, 0.4) is 0 Å². The van der Waals surface area contributed by atoms with Crippen LogP contribution in [0.2, 0.25) is 0 Å². The molecule has 0 fully saturated rings. The first-order valence-electron chi connectivity index (χ1n) is 10.4. The molecule has 3 N–H and O–H groups in total. The molecule has 9 heteroatoms. The van der Waals surface area contributed by atoms with E-state index in [-0.39, 0.29) is 29.9 Å². The summed E-state index contributed by atoms with van der Waals surface area (Å²) in [5.74, 6) is 0.138. The number of benzene rings is 2. The smallest absolute Gasteiger partial charge is 0.234 e. The molecule has 0 bridgehead atoms. The fraction of sp³-hybridized carbons (Fsp3) is 0.250. The van der Waals surface area contributed by atoms with Crippen LogP contribution < -0.4 is 16.0 Å². The number of carbonyl (C=O) groups excluding carboxylic acids is 3. The van der Waals surface area contributed by atoms with E-state index in [0.717, 1.165) is 10.0 Å². The van der Waals surface area contributed by atoms with Crippen molar-refractivity contribution in [3.63, 3.8) is 0 Å². The van der Waals surface area contributed by atoms with Crippen molar-refractivity contribution in [3.8, 4) is 0 Å². The minimum Gasteiger partial charge on any atom is -0.326 e. The van der Waals surface area contributed by atoms with Crippen LogP contribution in [0.25, 0.3) is 0 Å². The molecule has 3 rings (SSSR count). The molecule has 1 heterocycles. The molecular formula is C24H26N4O3S2. The Balaban J connectivity index is 1.46. The Hall–Kier alpha value is -3.17. The number of rotatable bonds is 9. The molecular weight excluding hydrogens is 456 g/mol. The largest absolute Gasteiger partial charge is 0.326 e. The number of amides is 3. The molecule has 0 saturated carbocycles. The van der Waals surface area contributed by atoms with Crippen LogP contribution in [0.4, 0.5) is 17.1 Å². The lowest BCUT2D eigenvalue weighted by atomic mass is 10.0. The monoisotopic (exact) mass is 482 g/mol. The van der Waals surface area contributed by atoms with Gasteiger partial charge in [-0.25, -0.2) is 4.98 Å². The second-order valence-electron chi connectivity index (χ2n) is 7.71. The van der Waals surface area contributed by atoms with Gasteiger partial charge >= 0.3 is 0 Å². The van der Waals surface area contributed by atoms with E-state index in [0.29, 0.717) is 23.0 Å². The van der Waals surface area contributed by atoms with Crippen molar-refractivity contribution in [2.45, 2.75) is 37.4 Å². The van der Waals surface area contributed by atoms with Gasteiger partial charge in [0.15, 0.2) is 4.34 Å². The zero-order valence-corrected chi connectivity index (χ0v) is 20.3. The van der Waals surface area contributed by atoms with E-state index in [1.165, 1.54) is 35.6 Å². The van der Waals surface area contributed by atoms with E-state index in [2.05, 4.69) is 34.8 Å². The van der Waals surface area contributed by atoms with Crippen LogP contribution in [-0.4, -0.2) is 28.5 Å². The van der Waals surface area contributed by atoms with Crippen molar-refractivity contribution >= 4 is 57.9 Å². The maximum Gasteiger partial charge on any atom is 0.234 e. The van der Waals surface area contributed by atoms with Crippen molar-refractivity contribution in [1.82, 2.24) is 4.98 Å². The zero-order chi connectivity index (χ0) is 23.8. The number of hydrogen-bond acceptors (Lipinski definition) is 6. The number of anilines is 3. The molecule has 0 saturated heterocycles. The topological polar surface area (TPSA) is 100 Å². The summed E-state index contributed by atoms with van der Waals surface area (Å²) >= 11 is 2.72. The lowest BCUT2D eigenvalue weighted by Crippen LogP contribution is -2.15. The predicted molar refractivity (Wildman–Crippen MR) is 135 cm³/mol. The van der Waals surface area contributed by atoms with Gasteiger partial charge in [-0.05, 0) is 41.8 Å². The second-order valence-corrected chi connectivity index (χ2v) is 9.79. The molecule has 0 atom stereocenters. The first kappa shape index (κ1) is 24.5. The highest BCUT2D eigenvalue weighted by Crippen LogP contribution is 2.24. The maximum atomic E-state index is 12.3. The highest BCUT2D eigenvalue weighted by molar-refractivity contribution is 8.01. The van der Waals surface area contributed by atoms with Crippen LogP contribution in [0.15, 0.2) is 58.3 Å². The lowest BCUT2D eigenvalue weighted by molar-refractivity contribution is -0.116. The maximum absolute atomic E-state index is 12.3. The molecule has 2 aromatic carbocycles. The molecule has 172 valence electrons. The van der Waals surface area contributed by atoms with E-state index in [4.69, 9.17) is 0 Å². The SMILES string of the molecule is CC(=O)Nc1cccc(NC(=O)CSc2nc(CC(=O)Nc3ccc(C(C)C)cc3)cs2)c1. The molecule has 3 amide bonds. The van der Waals surface area contributed by atoms with Gasteiger partial charge in [0.2, 0.25) is 17.7 Å². The normalized spacial score (nSPS) is 10.7. The number of nitrogens with zero attached hydrogens (tertiary/aromatic N) is 1. The third-order valence-electron chi connectivity index (χ3n) is 4.53. The van der Waals surface area contributed by atoms with Crippen LogP contribution in [0.1, 0.15) is 37.9 Å². The molecule has 7 nitrogen and oxygen atoms in total. The van der Waals surface area contributed by atoms with Gasteiger partial charge in [-0.3, -0.25) is 14.4 Å². The molecule has 0 aliphatic rings. The van der Waals surface area contributed by atoms with Gasteiger partial charge in [0.1, 0.15) is 0 Å². The Kier molecular flexibility index (Phi) is 8.62. The minimum absolute atomic E-state index is 0.133. The Morgan fingerprint density at radius 1 is 0.939 bits per heavy atom. The van der Waals surface area contributed by atoms with Crippen molar-refractivity contribution < 1.29 is 14.4 Å². The lowest BCUT2D eigenvalue weighted by Gasteiger charge is -2.08. The second kappa shape index (κ2) is 11.6. The Labute approximate surface area is 201 Å². The number of thioether (sulfide) groups is 1. The number of nitrogens with one attached hydrogen (secondary N) is 3. The van der Waals surface area contributed by atoms with Gasteiger partial charge in [0, 0.05) is 29.4 Å². The fourth-order valence-corrected chi connectivity index (χ4v) is 4.60. The molecule has 1 aromatic heterocycles. The molecule has 0 radical (unpaired) electrons. The molecule has 0 aliphatic carbocycles. The van der Waals surface area contributed by atoms with Gasteiger partial charge in [0.05, 0.1) is 17.9 Å². The first-order chi connectivity index (χ1) is 15.8. The summed E-state index contributed by atoms with van der Waals surface area (Å²) in [5, 5.41) is 10.2. The van der Waals surface area contributed by atoms with Crippen molar-refractivity contribution in [3.05, 3.63) is 65.2 Å². The molecule has 0 spiro atoms. The summed E-state index contributed by atoms with van der Waals surface area (Å²) in [6.07, 6.45) is 0.172. The third-order valence-corrected chi connectivity index (χ3v) is 6.60. The van der Waals surface area contributed by atoms with Gasteiger partial charge in [-0.1, -0.05) is 43.8 Å². The predicted octanol–water partition coefficient (Wildman–Crippen LogP) is 5.14. The molecule has 0 aliphatic heterocycles. The van der Waals surface area contributed by atoms with E-state index in [1.807, 2.05) is 29.6 Å². The number of hydrogen-bond donors (Lipinski definition) is 3. The summed E-state index contributed by atoms with van der Waals surface area (Å²) < 4.78 is 0.723. The zero-order valence-electron chi connectivity index (χ0n) is 18.7. The van der Waals surface area contributed by atoms with Gasteiger partial charge in [0.25, 0.3) is 0 Å². The summed E-state index contributed by atoms with van der Waals surface area (Å²) in [4.78, 5) is 40.2. The van der Waals surface area contributed by atoms with E-state index >= 15 is 0 Å². The van der Waals surface area contributed by atoms with Gasteiger partial charge in [-0.15, -0.1) is 11.3 Å². The molecule has 3 aromatic rings. The van der Waals surface area contributed by atoms with E-state index in [9.17, 15) is 14.4 Å². The fourth-order valence-electron chi connectivity index (χ4n) is 2.96. The Morgan fingerprint density at radius 2 is 1.61 bits per heavy atom.